The number of fused-ring (bicyclic) bond motifs is 2. The highest BCUT2D eigenvalue weighted by Gasteiger charge is 2.49. The van der Waals surface area contributed by atoms with Gasteiger partial charge in [0.05, 0.1) is 60.8 Å². The molecule has 15 atom stereocenters. The highest BCUT2D eigenvalue weighted by molar-refractivity contribution is 7.60. The molecule has 49 nitrogen and oxygen atoms in total. The number of anilines is 2. The molecule has 4 aromatic rings. The zero-order chi connectivity index (χ0) is 79.0. The number of phosphoric ester groups is 6. The topological polar surface area (TPSA) is 770 Å². The first-order chi connectivity index (χ1) is 48.5. The van der Waals surface area contributed by atoms with Crippen LogP contribution >= 0.6 is 46.9 Å². The van der Waals surface area contributed by atoms with Gasteiger partial charge >= 0.3 is 0 Å². The summed E-state index contributed by atoms with van der Waals surface area (Å²) in [5.74, 6) is -3.74. The number of imidazole rings is 2. The number of aromatic nitrogens is 8. The molecule has 2 aliphatic heterocycles. The summed E-state index contributed by atoms with van der Waals surface area (Å²) in [6, 6.07) is 0. The Morgan fingerprint density at radius 1 is 0.571 bits per heavy atom. The number of nitrogens with zero attached hydrogens (tertiary/aromatic N) is 8. The quantitative estimate of drug-likeness (QED) is 0.0145. The van der Waals surface area contributed by atoms with Crippen molar-refractivity contribution in [3.05, 3.63) is 37.5 Å². The van der Waals surface area contributed by atoms with Crippen LogP contribution in [0.5, 0.6) is 0 Å². The van der Waals surface area contributed by atoms with Crippen molar-refractivity contribution in [3.8, 4) is 0 Å². The Hall–Kier alpha value is -5.88. The number of carbonyl (C=O) groups excluding carboxylic acids is 6. The van der Waals surface area contributed by atoms with Gasteiger partial charge in [0.25, 0.3) is 31.3 Å². The standard InChI is InChI=1S/C25H42N7O18P3.C25H40N7O17P3/c1-13(33)8-14(34)4-6-27-16(35)5-7-28-23(38)20(37)25(2,3)10-47-53(44,45)50-52(42,43)46-9-15-19(49-51(39,40)41)18(36)24(48-15)32-12-31-17-21(26)29-11-30-22(17)32;1-4-5-14(33)6-8-27-16(34)7-9-28-23(37)20(36)25(2,3)11-46-52(43,44)49-51(41,42)45-10-15-19(48-50(38,39)40)18(35)24(47-15)32-13-31-17-21(26)29-12-30-22(17)32/h11-13,15,18-20,24,33,36-37H,4-10H2,1-3H3,(H,27,35)(H,28,38)(H,42,43)(H,44,45)(H2,26,29,30)(H2,39,40,41);4-5,12-13,15,18-20,24,35-36H,6-11H2,1-3H3,(H,27,34)(H,28,37)(H,41,42)(H,43,44)(H2,26,29,30)(H2,38,39,40)/p-8/b;5-4+. The minimum absolute atomic E-state index is 0.000742. The molecule has 6 heterocycles. The fourth-order valence-electron chi connectivity index (χ4n) is 9.20. The second-order valence-electron chi connectivity index (χ2n) is 24.0. The van der Waals surface area contributed by atoms with E-state index in [4.69, 9.17) is 20.9 Å². The van der Waals surface area contributed by atoms with E-state index < -0.39 is 175 Å². The zero-order valence-corrected chi connectivity index (χ0v) is 61.3. The number of aliphatic hydroxyl groups is 5. The van der Waals surface area contributed by atoms with E-state index in [1.54, 1.807) is 13.0 Å². The number of phosphoric acid groups is 6. The lowest BCUT2D eigenvalue weighted by molar-refractivity contribution is -0.348. The van der Waals surface area contributed by atoms with Crippen molar-refractivity contribution in [2.75, 3.05) is 64.1 Å². The number of amides is 4. The Balaban J connectivity index is 0.000000377. The molecule has 0 aliphatic carbocycles. The third-order valence-electron chi connectivity index (χ3n) is 14.4. The van der Waals surface area contributed by atoms with E-state index in [9.17, 15) is 121 Å². The Morgan fingerprint density at radius 2 is 0.933 bits per heavy atom. The second-order valence-corrected chi connectivity index (χ2v) is 32.2. The van der Waals surface area contributed by atoms with Crippen LogP contribution < -0.4 is 71.9 Å². The Labute approximate surface area is 594 Å². The fourth-order valence-corrected chi connectivity index (χ4v) is 14.7. The summed E-state index contributed by atoms with van der Waals surface area (Å²) in [5.41, 5.74) is 8.08. The van der Waals surface area contributed by atoms with Gasteiger partial charge in [-0.05, 0) is 19.9 Å². The van der Waals surface area contributed by atoms with Crippen molar-refractivity contribution in [2.24, 2.45) is 10.8 Å². The van der Waals surface area contributed by atoms with Gasteiger partial charge < -0.3 is 143 Å². The normalized spacial score (nSPS) is 22.7. The first kappa shape index (κ1) is 89.7. The first-order valence-electron chi connectivity index (χ1n) is 30.5. The first-order valence-corrected chi connectivity index (χ1v) is 39.2. The van der Waals surface area contributed by atoms with Crippen molar-refractivity contribution in [1.29, 1.82) is 0 Å². The van der Waals surface area contributed by atoms with E-state index in [-0.39, 0.29) is 104 Å². The van der Waals surface area contributed by atoms with Crippen LogP contribution in [0.3, 0.4) is 0 Å². The molecule has 2 aliphatic rings. The van der Waals surface area contributed by atoms with E-state index in [1.165, 1.54) is 40.7 Å². The van der Waals surface area contributed by atoms with Crippen LogP contribution in [-0.2, 0) is 101 Å². The van der Waals surface area contributed by atoms with Crippen LogP contribution in [0.4, 0.5) is 11.6 Å². The predicted octanol–water partition coefficient (Wildman–Crippen LogP) is -7.98. The maximum Gasteiger partial charge on any atom is 0.274 e. The minimum atomic E-state index is -5.92. The predicted molar refractivity (Wildman–Crippen MR) is 332 cm³/mol. The van der Waals surface area contributed by atoms with E-state index >= 15 is 0 Å². The van der Waals surface area contributed by atoms with Crippen molar-refractivity contribution in [2.45, 2.75) is 141 Å². The zero-order valence-electron chi connectivity index (χ0n) is 55.9. The number of aliphatic hydroxyl groups excluding tert-OH is 5. The molecule has 0 radical (unpaired) electrons. The molecule has 4 aromatic heterocycles. The third-order valence-corrected chi connectivity index (χ3v) is 20.4. The number of hydrogen-bond donors (Lipinski definition) is 11. The molecule has 0 bridgehead atoms. The lowest BCUT2D eigenvalue weighted by Gasteiger charge is -2.36. The molecule has 0 aromatic carbocycles. The highest BCUT2D eigenvalue weighted by Crippen LogP contribution is 2.58. The number of ether oxygens (including phenoxy) is 2. The van der Waals surface area contributed by atoms with Crippen LogP contribution in [-0.4, -0.2) is 207 Å². The lowest BCUT2D eigenvalue weighted by atomic mass is 9.87. The molecule has 55 heteroatoms. The van der Waals surface area contributed by atoms with Gasteiger partial charge in [-0.15, -0.1) is 0 Å². The summed E-state index contributed by atoms with van der Waals surface area (Å²) < 4.78 is 120. The maximum absolute atomic E-state index is 12.5. The van der Waals surface area contributed by atoms with Gasteiger partial charge in [0, 0.05) is 69.1 Å². The molecule has 13 N–H and O–H groups in total. The molecule has 2 saturated heterocycles. The summed E-state index contributed by atoms with van der Waals surface area (Å²) in [6.07, 6.45) is -13.2. The van der Waals surface area contributed by atoms with Crippen molar-refractivity contribution in [3.63, 3.8) is 0 Å². The largest absolute Gasteiger partial charge is 0.790 e. The lowest BCUT2D eigenvalue weighted by Crippen LogP contribution is -2.46. The number of hydrogen-bond acceptors (Lipinski definition) is 43. The molecule has 2 fully saturated rings. The van der Waals surface area contributed by atoms with E-state index in [0.717, 1.165) is 34.4 Å². The number of Topliss-reactive ketones (excluding diaryl/α,β-unsaturated/α-hetero) is 1. The molecule has 15 unspecified atom stereocenters. The second kappa shape index (κ2) is 38.0. The Morgan fingerprint density at radius 3 is 1.30 bits per heavy atom. The van der Waals surface area contributed by atoms with Gasteiger partial charge in [0.15, 0.2) is 41.2 Å². The van der Waals surface area contributed by atoms with Crippen molar-refractivity contribution < 1.29 is 166 Å². The number of allylic oxidation sites excluding steroid dienone is 2. The minimum Gasteiger partial charge on any atom is -0.790 e. The van der Waals surface area contributed by atoms with Crippen LogP contribution in [0, 0.1) is 10.8 Å². The van der Waals surface area contributed by atoms with E-state index in [1.807, 2.05) is 0 Å². The number of nitrogens with one attached hydrogen (secondary N) is 4. The van der Waals surface area contributed by atoms with Gasteiger partial charge in [0.1, 0.15) is 78.3 Å². The van der Waals surface area contributed by atoms with E-state index in [2.05, 4.69) is 86.9 Å². The van der Waals surface area contributed by atoms with Gasteiger partial charge in [-0.2, -0.15) is 0 Å². The Bertz CT molecular complexity index is 4030. The average molecular weight is 1620 g/mol. The number of carbonyl (C=O) groups is 6. The highest BCUT2D eigenvalue weighted by atomic mass is 31.3. The summed E-state index contributed by atoms with van der Waals surface area (Å²) >= 11 is 0. The molecular weight excluding hydrogens is 1540 g/mol. The molecule has 4 amide bonds. The van der Waals surface area contributed by atoms with Crippen LogP contribution in [0.25, 0.3) is 22.3 Å². The Kier molecular flexibility index (Phi) is 32.5. The average Bonchev–Trinajstić information content (AvgIpc) is 1.65. The molecule has 592 valence electrons. The number of nitrogens with two attached hydrogens (primary N) is 2. The monoisotopic (exact) mass is 1620 g/mol. The number of rotatable bonds is 41. The summed E-state index contributed by atoms with van der Waals surface area (Å²) in [5, 5.41) is 61.1. The van der Waals surface area contributed by atoms with E-state index in [0.29, 0.717) is 0 Å². The van der Waals surface area contributed by atoms with Gasteiger partial charge in [0.2, 0.25) is 23.6 Å². The molecular formula is C50H74N14O35P6-8. The molecule has 6 rings (SSSR count). The van der Waals surface area contributed by atoms with Gasteiger partial charge in [-0.3, -0.25) is 56.2 Å². The fraction of sp³-hybridized carbons (Fsp3) is 0.640. The number of ketones is 2. The summed E-state index contributed by atoms with van der Waals surface area (Å²) in [6.45, 7) is 2.83. The molecule has 0 spiro atoms. The van der Waals surface area contributed by atoms with Crippen LogP contribution in [0.1, 0.15) is 86.1 Å². The van der Waals surface area contributed by atoms with Crippen molar-refractivity contribution >= 4 is 116 Å². The number of nitrogen functional groups attached to an aromatic ring is 2. The van der Waals surface area contributed by atoms with Gasteiger partial charge in [-0.25, -0.2) is 38.5 Å². The maximum atomic E-state index is 12.5. The summed E-state index contributed by atoms with van der Waals surface area (Å²) in [7, 11) is -35.2. The molecule has 105 heavy (non-hydrogen) atoms. The van der Waals surface area contributed by atoms with Gasteiger partial charge in [-0.1, -0.05) is 33.8 Å². The summed E-state index contributed by atoms with van der Waals surface area (Å²) in [4.78, 5) is 190. The SMILES string of the molecule is C/C=C/C(=O)CCNC(=O)CCNC(=O)C(O)C(C)(C)COP(=O)([O-])OP(=O)([O-])OCC1OC(n2cnc3c(N)ncnc32)C(O)C1OP(=O)([O-])[O-].CC(O)CC(=O)CCNC(=O)CCNC(=O)C(O)C(C)(C)COP(=O)([O-])OP(=O)([O-])OCC1OC(n2cnc3c(N)ncnc32)C(O)C1OP(=O)([O-])[O-]. The van der Waals surface area contributed by atoms with Crippen molar-refractivity contribution in [1.82, 2.24) is 60.3 Å². The van der Waals surface area contributed by atoms with Crippen LogP contribution in [0.2, 0.25) is 0 Å². The van der Waals surface area contributed by atoms with Crippen LogP contribution in [0.15, 0.2) is 37.5 Å². The third kappa shape index (κ3) is 28.3. The smallest absolute Gasteiger partial charge is 0.274 e. The molecule has 0 saturated carbocycles.